The Balaban J connectivity index is 2.17. The maximum atomic E-state index is 10.9. The SMILES string of the molecule is Cc1occc1SCCCCC(C)(C)C(=O)O. The van der Waals surface area contributed by atoms with Gasteiger partial charge in [0.25, 0.3) is 0 Å². The maximum Gasteiger partial charge on any atom is 0.309 e. The Kier molecular flexibility index (Phi) is 5.12. The molecular weight excluding hydrogens is 236 g/mol. The maximum absolute atomic E-state index is 10.9. The summed E-state index contributed by atoms with van der Waals surface area (Å²) in [6, 6.07) is 1.97. The van der Waals surface area contributed by atoms with Crippen molar-refractivity contribution in [1.82, 2.24) is 0 Å². The van der Waals surface area contributed by atoms with Gasteiger partial charge in [0.1, 0.15) is 5.76 Å². The molecule has 4 heteroatoms. The van der Waals surface area contributed by atoms with Crippen LogP contribution in [0.3, 0.4) is 0 Å². The lowest BCUT2D eigenvalue weighted by molar-refractivity contribution is -0.147. The smallest absolute Gasteiger partial charge is 0.309 e. The van der Waals surface area contributed by atoms with Gasteiger partial charge in [-0.3, -0.25) is 4.79 Å². The van der Waals surface area contributed by atoms with Gasteiger partial charge in [0.2, 0.25) is 0 Å². The predicted octanol–water partition coefficient (Wildman–Crippen LogP) is 3.96. The van der Waals surface area contributed by atoms with Crippen molar-refractivity contribution >= 4 is 17.7 Å². The van der Waals surface area contributed by atoms with Gasteiger partial charge in [-0.25, -0.2) is 0 Å². The van der Waals surface area contributed by atoms with Crippen LogP contribution in [0.15, 0.2) is 21.6 Å². The Hall–Kier alpha value is -0.900. The summed E-state index contributed by atoms with van der Waals surface area (Å²) in [6.45, 7) is 5.52. The fourth-order valence-electron chi connectivity index (χ4n) is 1.48. The molecule has 0 fully saturated rings. The zero-order chi connectivity index (χ0) is 12.9. The molecule has 0 spiro atoms. The van der Waals surface area contributed by atoms with Crippen LogP contribution >= 0.6 is 11.8 Å². The molecule has 0 aliphatic rings. The Morgan fingerprint density at radius 3 is 2.71 bits per heavy atom. The number of carboxylic acid groups (broad SMARTS) is 1. The van der Waals surface area contributed by atoms with Crippen molar-refractivity contribution in [2.24, 2.45) is 5.41 Å². The zero-order valence-corrected chi connectivity index (χ0v) is 11.5. The number of hydrogen-bond donors (Lipinski definition) is 1. The van der Waals surface area contributed by atoms with E-state index in [4.69, 9.17) is 9.52 Å². The van der Waals surface area contributed by atoms with Gasteiger partial charge in [-0.1, -0.05) is 6.42 Å². The Labute approximate surface area is 107 Å². The molecule has 0 aliphatic heterocycles. The third-order valence-corrected chi connectivity index (χ3v) is 4.07. The molecule has 0 radical (unpaired) electrons. The van der Waals surface area contributed by atoms with Crippen molar-refractivity contribution in [1.29, 1.82) is 0 Å². The largest absolute Gasteiger partial charge is 0.481 e. The van der Waals surface area contributed by atoms with Crippen molar-refractivity contribution in [3.05, 3.63) is 18.1 Å². The summed E-state index contributed by atoms with van der Waals surface area (Å²) in [4.78, 5) is 12.1. The van der Waals surface area contributed by atoms with E-state index < -0.39 is 11.4 Å². The van der Waals surface area contributed by atoms with Crippen LogP contribution in [0.4, 0.5) is 0 Å². The van der Waals surface area contributed by atoms with Gasteiger partial charge in [-0.15, -0.1) is 11.8 Å². The van der Waals surface area contributed by atoms with Gasteiger partial charge in [-0.2, -0.15) is 0 Å². The molecule has 0 saturated heterocycles. The molecule has 0 bridgehead atoms. The molecule has 1 N–H and O–H groups in total. The van der Waals surface area contributed by atoms with Crippen molar-refractivity contribution in [2.75, 3.05) is 5.75 Å². The summed E-state index contributed by atoms with van der Waals surface area (Å²) in [7, 11) is 0. The second-order valence-corrected chi connectivity index (χ2v) is 5.97. The fraction of sp³-hybridized carbons (Fsp3) is 0.615. The van der Waals surface area contributed by atoms with Gasteiger partial charge < -0.3 is 9.52 Å². The monoisotopic (exact) mass is 256 g/mol. The first kappa shape index (κ1) is 14.2. The number of rotatable bonds is 7. The van der Waals surface area contributed by atoms with E-state index in [-0.39, 0.29) is 0 Å². The second kappa shape index (κ2) is 6.15. The van der Waals surface area contributed by atoms with Crippen LogP contribution in [0.1, 0.15) is 38.9 Å². The molecule has 0 unspecified atom stereocenters. The topological polar surface area (TPSA) is 50.4 Å². The third kappa shape index (κ3) is 4.46. The average Bonchev–Trinajstić information content (AvgIpc) is 2.63. The summed E-state index contributed by atoms with van der Waals surface area (Å²) < 4.78 is 5.21. The molecule has 0 atom stereocenters. The molecule has 0 aromatic carbocycles. The Morgan fingerprint density at radius 1 is 1.47 bits per heavy atom. The first-order valence-electron chi connectivity index (χ1n) is 5.84. The molecule has 0 saturated carbocycles. The van der Waals surface area contributed by atoms with E-state index in [1.165, 1.54) is 4.90 Å². The zero-order valence-electron chi connectivity index (χ0n) is 10.7. The summed E-state index contributed by atoms with van der Waals surface area (Å²) in [5.41, 5.74) is -0.601. The minimum absolute atomic E-state index is 0.601. The standard InChI is InChI=1S/C13H20O3S/c1-10-11(6-8-16-10)17-9-5-4-7-13(2,3)12(14)15/h6,8H,4-5,7,9H2,1-3H3,(H,14,15). The van der Waals surface area contributed by atoms with E-state index in [1.807, 2.05) is 13.0 Å². The molecule has 17 heavy (non-hydrogen) atoms. The average molecular weight is 256 g/mol. The minimum Gasteiger partial charge on any atom is -0.481 e. The number of furan rings is 1. The lowest BCUT2D eigenvalue weighted by atomic mass is 9.88. The van der Waals surface area contributed by atoms with E-state index in [2.05, 4.69) is 0 Å². The molecule has 1 rings (SSSR count). The van der Waals surface area contributed by atoms with Gasteiger partial charge in [-0.05, 0) is 45.4 Å². The van der Waals surface area contributed by atoms with E-state index >= 15 is 0 Å². The first-order valence-corrected chi connectivity index (χ1v) is 6.82. The molecule has 96 valence electrons. The highest BCUT2D eigenvalue weighted by molar-refractivity contribution is 7.99. The van der Waals surface area contributed by atoms with Crippen LogP contribution in [0.25, 0.3) is 0 Å². The highest BCUT2D eigenvalue weighted by Crippen LogP contribution is 2.27. The highest BCUT2D eigenvalue weighted by atomic mass is 32.2. The van der Waals surface area contributed by atoms with Crippen LogP contribution < -0.4 is 0 Å². The van der Waals surface area contributed by atoms with Crippen molar-refractivity contribution in [3.8, 4) is 0 Å². The van der Waals surface area contributed by atoms with E-state index in [9.17, 15) is 4.79 Å². The van der Waals surface area contributed by atoms with Crippen LogP contribution in [0.2, 0.25) is 0 Å². The third-order valence-electron chi connectivity index (χ3n) is 2.84. The first-order chi connectivity index (χ1) is 7.93. The quantitative estimate of drug-likeness (QED) is 0.592. The molecule has 0 amide bonds. The van der Waals surface area contributed by atoms with Gasteiger partial charge >= 0.3 is 5.97 Å². The number of carboxylic acids is 1. The van der Waals surface area contributed by atoms with Crippen LogP contribution in [-0.2, 0) is 4.79 Å². The van der Waals surface area contributed by atoms with Gasteiger partial charge in [0.05, 0.1) is 11.7 Å². The van der Waals surface area contributed by atoms with Crippen molar-refractivity contribution in [2.45, 2.75) is 44.9 Å². The summed E-state index contributed by atoms with van der Waals surface area (Å²) in [6.07, 6.45) is 4.41. The number of aliphatic carboxylic acids is 1. The molecule has 1 aromatic rings. The predicted molar refractivity (Wildman–Crippen MR) is 69.4 cm³/mol. The molecule has 0 aliphatic carbocycles. The highest BCUT2D eigenvalue weighted by Gasteiger charge is 2.25. The van der Waals surface area contributed by atoms with E-state index in [0.29, 0.717) is 0 Å². The number of unbranched alkanes of at least 4 members (excludes halogenated alkanes) is 1. The Bertz CT molecular complexity index is 368. The second-order valence-electron chi connectivity index (χ2n) is 4.84. The molecular formula is C13H20O3S. The van der Waals surface area contributed by atoms with Crippen molar-refractivity contribution < 1.29 is 14.3 Å². The minimum atomic E-state index is -0.712. The lowest BCUT2D eigenvalue weighted by Crippen LogP contribution is -2.23. The Morgan fingerprint density at radius 2 is 2.18 bits per heavy atom. The number of aryl methyl sites for hydroxylation is 1. The number of carbonyl (C=O) groups is 1. The summed E-state index contributed by atoms with van der Waals surface area (Å²) in [5, 5.41) is 8.97. The summed E-state index contributed by atoms with van der Waals surface area (Å²) >= 11 is 1.77. The van der Waals surface area contributed by atoms with Crippen LogP contribution in [0.5, 0.6) is 0 Å². The lowest BCUT2D eigenvalue weighted by Gasteiger charge is -2.18. The van der Waals surface area contributed by atoms with Crippen molar-refractivity contribution in [3.63, 3.8) is 0 Å². The summed E-state index contributed by atoms with van der Waals surface area (Å²) in [5.74, 6) is 1.26. The van der Waals surface area contributed by atoms with Gasteiger partial charge in [0, 0.05) is 4.90 Å². The number of hydrogen-bond acceptors (Lipinski definition) is 3. The van der Waals surface area contributed by atoms with Crippen LogP contribution in [-0.4, -0.2) is 16.8 Å². The molecule has 1 heterocycles. The fourth-order valence-corrected chi connectivity index (χ4v) is 2.45. The van der Waals surface area contributed by atoms with Gasteiger partial charge in [0.15, 0.2) is 0 Å². The van der Waals surface area contributed by atoms with E-state index in [0.717, 1.165) is 30.8 Å². The normalized spacial score (nSPS) is 11.7. The van der Waals surface area contributed by atoms with Crippen LogP contribution in [0, 0.1) is 12.3 Å². The number of thioether (sulfide) groups is 1. The molecule has 3 nitrogen and oxygen atoms in total. The van der Waals surface area contributed by atoms with E-state index in [1.54, 1.807) is 31.9 Å². The molecule has 1 aromatic heterocycles.